The predicted molar refractivity (Wildman–Crippen MR) is 117 cm³/mol. The second-order valence-corrected chi connectivity index (χ2v) is 9.99. The zero-order valence-corrected chi connectivity index (χ0v) is 18.5. The normalized spacial score (nSPS) is 17.2. The molecule has 1 fully saturated rings. The van der Waals surface area contributed by atoms with Crippen LogP contribution < -0.4 is 4.31 Å². The molecule has 0 N–H and O–H groups in total. The lowest BCUT2D eigenvalue weighted by molar-refractivity contribution is -0.131. The van der Waals surface area contributed by atoms with Crippen LogP contribution in [0.5, 0.6) is 0 Å². The number of sulfonamides is 1. The highest BCUT2D eigenvalue weighted by molar-refractivity contribution is 7.92. The maximum Gasteiger partial charge on any atom is 0.264 e. The average molecular weight is 415 g/mol. The van der Waals surface area contributed by atoms with E-state index in [0.29, 0.717) is 24.7 Å². The lowest BCUT2D eigenvalue weighted by Gasteiger charge is -2.33. The Balaban J connectivity index is 2.01. The van der Waals surface area contributed by atoms with Crippen LogP contribution in [0.3, 0.4) is 0 Å². The standard InChI is InChI=1S/C23H30N2O3S/c1-17-10-12-21(13-11-17)29(27,28)25(22-9-5-8-19(3)20(22)4)16-23(26)24-14-6-7-18(2)15-24/h5,8-13,18H,6-7,14-16H2,1-4H3/t18-/m1/s1. The van der Waals surface area contributed by atoms with Crippen molar-refractivity contribution in [3.63, 3.8) is 0 Å². The number of piperidine rings is 1. The van der Waals surface area contributed by atoms with Crippen molar-refractivity contribution in [1.29, 1.82) is 0 Å². The molecule has 5 nitrogen and oxygen atoms in total. The van der Waals surface area contributed by atoms with E-state index in [1.807, 2.05) is 32.9 Å². The van der Waals surface area contributed by atoms with Crippen molar-refractivity contribution in [1.82, 2.24) is 4.90 Å². The van der Waals surface area contributed by atoms with Gasteiger partial charge in [-0.3, -0.25) is 9.10 Å². The van der Waals surface area contributed by atoms with Gasteiger partial charge in [0.05, 0.1) is 10.6 Å². The van der Waals surface area contributed by atoms with Gasteiger partial charge in [-0.2, -0.15) is 0 Å². The van der Waals surface area contributed by atoms with E-state index in [1.54, 1.807) is 35.2 Å². The summed E-state index contributed by atoms with van der Waals surface area (Å²) in [6.07, 6.45) is 2.06. The highest BCUT2D eigenvalue weighted by Gasteiger charge is 2.31. The first-order chi connectivity index (χ1) is 13.7. The minimum atomic E-state index is -3.87. The molecule has 0 saturated carbocycles. The van der Waals surface area contributed by atoms with Gasteiger partial charge in [0.1, 0.15) is 6.54 Å². The largest absolute Gasteiger partial charge is 0.341 e. The van der Waals surface area contributed by atoms with Crippen molar-refractivity contribution in [2.24, 2.45) is 5.92 Å². The van der Waals surface area contributed by atoms with Crippen molar-refractivity contribution in [2.75, 3.05) is 23.9 Å². The summed E-state index contributed by atoms with van der Waals surface area (Å²) in [5, 5.41) is 0. The predicted octanol–water partition coefficient (Wildman–Crippen LogP) is 4.07. The minimum Gasteiger partial charge on any atom is -0.341 e. The van der Waals surface area contributed by atoms with Gasteiger partial charge in [-0.1, -0.05) is 36.8 Å². The second-order valence-electron chi connectivity index (χ2n) is 8.13. The van der Waals surface area contributed by atoms with Crippen LogP contribution in [0.15, 0.2) is 47.4 Å². The third-order valence-electron chi connectivity index (χ3n) is 5.74. The number of carbonyl (C=O) groups is 1. The van der Waals surface area contributed by atoms with Crippen LogP contribution >= 0.6 is 0 Å². The fraction of sp³-hybridized carbons (Fsp3) is 0.435. The van der Waals surface area contributed by atoms with Crippen LogP contribution in [-0.2, 0) is 14.8 Å². The highest BCUT2D eigenvalue weighted by Crippen LogP contribution is 2.29. The van der Waals surface area contributed by atoms with Crippen LogP contribution in [0.2, 0.25) is 0 Å². The lowest BCUT2D eigenvalue weighted by Crippen LogP contribution is -2.46. The molecule has 0 bridgehead atoms. The van der Waals surface area contributed by atoms with E-state index in [1.165, 1.54) is 4.31 Å². The van der Waals surface area contributed by atoms with E-state index in [9.17, 15) is 13.2 Å². The molecule has 29 heavy (non-hydrogen) atoms. The molecule has 156 valence electrons. The van der Waals surface area contributed by atoms with Gasteiger partial charge >= 0.3 is 0 Å². The zero-order chi connectivity index (χ0) is 21.2. The first kappa shape index (κ1) is 21.4. The quantitative estimate of drug-likeness (QED) is 0.741. The van der Waals surface area contributed by atoms with Crippen LogP contribution in [0.25, 0.3) is 0 Å². The maximum atomic E-state index is 13.5. The number of nitrogens with zero attached hydrogens (tertiary/aromatic N) is 2. The van der Waals surface area contributed by atoms with Gasteiger partial charge in [-0.05, 0) is 68.9 Å². The Morgan fingerprint density at radius 3 is 2.45 bits per heavy atom. The first-order valence-corrected chi connectivity index (χ1v) is 11.6. The number of aryl methyl sites for hydroxylation is 2. The molecule has 1 amide bonds. The van der Waals surface area contributed by atoms with E-state index < -0.39 is 10.0 Å². The van der Waals surface area contributed by atoms with Crippen molar-refractivity contribution < 1.29 is 13.2 Å². The molecule has 0 aliphatic carbocycles. The summed E-state index contributed by atoms with van der Waals surface area (Å²) < 4.78 is 28.4. The summed E-state index contributed by atoms with van der Waals surface area (Å²) in [6.45, 7) is 9.08. The number of carbonyl (C=O) groups excluding carboxylic acids is 1. The molecule has 2 aromatic carbocycles. The van der Waals surface area contributed by atoms with E-state index in [4.69, 9.17) is 0 Å². The number of likely N-dealkylation sites (tertiary alicyclic amines) is 1. The van der Waals surface area contributed by atoms with E-state index >= 15 is 0 Å². The Morgan fingerprint density at radius 1 is 1.10 bits per heavy atom. The molecule has 0 spiro atoms. The third-order valence-corrected chi connectivity index (χ3v) is 7.52. The summed E-state index contributed by atoms with van der Waals surface area (Å²) in [4.78, 5) is 15.1. The van der Waals surface area contributed by atoms with E-state index in [2.05, 4.69) is 6.92 Å². The molecular weight excluding hydrogens is 384 g/mol. The number of hydrogen-bond donors (Lipinski definition) is 0. The third kappa shape index (κ3) is 4.64. The average Bonchev–Trinajstić information content (AvgIpc) is 2.68. The Kier molecular flexibility index (Phi) is 6.32. The number of rotatable bonds is 5. The van der Waals surface area contributed by atoms with Crippen molar-refractivity contribution >= 4 is 21.6 Å². The van der Waals surface area contributed by atoms with Gasteiger partial charge in [0.25, 0.3) is 10.0 Å². The van der Waals surface area contributed by atoms with E-state index in [0.717, 1.165) is 29.5 Å². The van der Waals surface area contributed by atoms with Crippen LogP contribution in [0, 0.1) is 26.7 Å². The summed E-state index contributed by atoms with van der Waals surface area (Å²) >= 11 is 0. The maximum absolute atomic E-state index is 13.5. The van der Waals surface area contributed by atoms with Gasteiger partial charge in [0.2, 0.25) is 5.91 Å². The van der Waals surface area contributed by atoms with Crippen LogP contribution in [0.1, 0.15) is 36.5 Å². The Morgan fingerprint density at radius 2 is 1.79 bits per heavy atom. The van der Waals surface area contributed by atoms with Crippen molar-refractivity contribution in [2.45, 2.75) is 45.4 Å². The van der Waals surface area contributed by atoms with Crippen molar-refractivity contribution in [3.8, 4) is 0 Å². The fourth-order valence-electron chi connectivity index (χ4n) is 3.78. The SMILES string of the molecule is Cc1ccc(S(=O)(=O)N(CC(=O)N2CCC[C@@H](C)C2)c2cccc(C)c2C)cc1. The first-order valence-electron chi connectivity index (χ1n) is 10.1. The molecule has 1 heterocycles. The summed E-state index contributed by atoms with van der Waals surface area (Å²) in [6, 6.07) is 12.3. The fourth-order valence-corrected chi connectivity index (χ4v) is 5.25. The monoisotopic (exact) mass is 414 g/mol. The summed E-state index contributed by atoms with van der Waals surface area (Å²) in [5.74, 6) is 0.295. The topological polar surface area (TPSA) is 57.7 Å². The van der Waals surface area contributed by atoms with Crippen LogP contribution in [0.4, 0.5) is 5.69 Å². The molecule has 1 aliphatic rings. The zero-order valence-electron chi connectivity index (χ0n) is 17.7. The van der Waals surface area contributed by atoms with Gasteiger partial charge in [0.15, 0.2) is 0 Å². The second kappa shape index (κ2) is 8.57. The number of anilines is 1. The number of amides is 1. The number of benzene rings is 2. The molecule has 6 heteroatoms. The van der Waals surface area contributed by atoms with E-state index in [-0.39, 0.29) is 17.3 Å². The molecule has 0 unspecified atom stereocenters. The van der Waals surface area contributed by atoms with Crippen molar-refractivity contribution in [3.05, 3.63) is 59.2 Å². The Hall–Kier alpha value is -2.34. The summed E-state index contributed by atoms with van der Waals surface area (Å²) in [5.41, 5.74) is 3.40. The van der Waals surface area contributed by atoms with Crippen LogP contribution in [-0.4, -0.2) is 38.9 Å². The molecule has 0 aromatic heterocycles. The Bertz CT molecular complexity index is 984. The Labute approximate surface area is 174 Å². The lowest BCUT2D eigenvalue weighted by atomic mass is 10.0. The molecule has 1 atom stereocenters. The van der Waals surface area contributed by atoms with Gasteiger partial charge in [-0.25, -0.2) is 8.42 Å². The molecule has 1 aliphatic heterocycles. The molecule has 2 aromatic rings. The molecule has 1 saturated heterocycles. The molecular formula is C23H30N2O3S. The van der Waals surface area contributed by atoms with Gasteiger partial charge in [-0.15, -0.1) is 0 Å². The minimum absolute atomic E-state index is 0.145. The molecule has 0 radical (unpaired) electrons. The summed E-state index contributed by atoms with van der Waals surface area (Å²) in [7, 11) is -3.87. The molecule has 3 rings (SSSR count). The van der Waals surface area contributed by atoms with Gasteiger partial charge < -0.3 is 4.90 Å². The number of hydrogen-bond acceptors (Lipinski definition) is 3. The smallest absolute Gasteiger partial charge is 0.264 e. The van der Waals surface area contributed by atoms with Gasteiger partial charge in [0, 0.05) is 13.1 Å². The highest BCUT2D eigenvalue weighted by atomic mass is 32.2.